The average molecular weight is 728 g/mol. The molecule has 1 saturated heterocycles. The van der Waals surface area contributed by atoms with Crippen LogP contribution in [0, 0.1) is 55.7 Å². The van der Waals surface area contributed by atoms with Crippen LogP contribution < -0.4 is 0 Å². The first-order chi connectivity index (χ1) is 24.2. The van der Waals surface area contributed by atoms with Gasteiger partial charge in [-0.1, -0.05) is 47.1 Å². The minimum Gasteiger partial charge on any atom is -0.481 e. The van der Waals surface area contributed by atoms with Gasteiger partial charge >= 0.3 is 17.9 Å². The van der Waals surface area contributed by atoms with Gasteiger partial charge in [-0.25, -0.2) is 0 Å². The summed E-state index contributed by atoms with van der Waals surface area (Å²) in [6.45, 7) is 17.4. The third-order valence-electron chi connectivity index (χ3n) is 16.9. The van der Waals surface area contributed by atoms with Gasteiger partial charge in [-0.2, -0.15) is 0 Å². The van der Waals surface area contributed by atoms with E-state index in [0.29, 0.717) is 32.5 Å². The van der Waals surface area contributed by atoms with Crippen LogP contribution in [0.1, 0.15) is 119 Å². The molecule has 4 saturated carbocycles. The normalized spacial score (nSPS) is 43.0. The lowest BCUT2D eigenvalue weighted by atomic mass is 9.33. The van der Waals surface area contributed by atoms with Crippen LogP contribution >= 0.6 is 0 Å². The monoisotopic (exact) mass is 727 g/mol. The Balaban J connectivity index is 1.15. The lowest BCUT2D eigenvalue weighted by Gasteiger charge is -2.70. The number of hydrogen-bond donors (Lipinski definition) is 2. The van der Waals surface area contributed by atoms with Gasteiger partial charge in [0.1, 0.15) is 0 Å². The number of aliphatic hydroxyl groups excluding tert-OH is 1. The van der Waals surface area contributed by atoms with E-state index in [1.165, 1.54) is 19.8 Å². The van der Waals surface area contributed by atoms with Crippen molar-refractivity contribution in [1.29, 1.82) is 0 Å². The summed E-state index contributed by atoms with van der Waals surface area (Å²) in [5.74, 6) is -1.37. The minimum absolute atomic E-state index is 0.0253. The predicted octanol–water partition coefficient (Wildman–Crippen LogP) is 6.23. The van der Waals surface area contributed by atoms with Gasteiger partial charge < -0.3 is 29.3 Å². The van der Waals surface area contributed by atoms with Crippen LogP contribution in [0.2, 0.25) is 0 Å². The fourth-order valence-electron chi connectivity index (χ4n) is 13.2. The maximum absolute atomic E-state index is 14.7. The summed E-state index contributed by atoms with van der Waals surface area (Å²) in [5, 5.41) is 21.3. The molecular formula is C42H65NO9. The summed E-state index contributed by atoms with van der Waals surface area (Å²) in [6.07, 6.45) is 9.67. The van der Waals surface area contributed by atoms with Gasteiger partial charge in [0.2, 0.25) is 0 Å². The quantitative estimate of drug-likeness (QED) is 0.219. The first-order valence-electron chi connectivity index (χ1n) is 19.9. The van der Waals surface area contributed by atoms with Crippen LogP contribution in [-0.4, -0.2) is 91.5 Å². The number of fused-ring (bicyclic) bond motifs is 7. The average Bonchev–Trinajstić information content (AvgIpc) is 3.09. The van der Waals surface area contributed by atoms with E-state index in [0.717, 1.165) is 44.9 Å². The van der Waals surface area contributed by atoms with Crippen molar-refractivity contribution in [3.63, 3.8) is 0 Å². The number of methoxy groups -OCH3 is 2. The number of aliphatic carboxylic acids is 1. The second-order valence-electron chi connectivity index (χ2n) is 19.8. The fourth-order valence-corrected chi connectivity index (χ4v) is 13.2. The summed E-state index contributed by atoms with van der Waals surface area (Å²) in [6, 6.07) is 0. The summed E-state index contributed by atoms with van der Waals surface area (Å²) >= 11 is 0. The van der Waals surface area contributed by atoms with Crippen LogP contribution in [0.15, 0.2) is 11.6 Å². The van der Waals surface area contributed by atoms with Crippen molar-refractivity contribution in [3.05, 3.63) is 11.6 Å². The number of hydrogen-bond acceptors (Lipinski definition) is 9. The maximum atomic E-state index is 14.7. The zero-order valence-corrected chi connectivity index (χ0v) is 33.3. The Labute approximate surface area is 310 Å². The van der Waals surface area contributed by atoms with Crippen molar-refractivity contribution >= 4 is 23.7 Å². The molecule has 0 aromatic rings. The highest BCUT2D eigenvalue weighted by atomic mass is 16.5. The minimum atomic E-state index is -1.31. The zero-order chi connectivity index (χ0) is 38.3. The van der Waals surface area contributed by atoms with Crippen LogP contribution in [0.5, 0.6) is 0 Å². The molecule has 5 fully saturated rings. The molecular weight excluding hydrogens is 662 g/mol. The maximum Gasteiger partial charge on any atom is 0.323 e. The third-order valence-corrected chi connectivity index (χ3v) is 16.9. The molecule has 0 aromatic heterocycles. The second-order valence-corrected chi connectivity index (χ2v) is 19.8. The summed E-state index contributed by atoms with van der Waals surface area (Å²) in [5.41, 5.74) is -1.62. The van der Waals surface area contributed by atoms with Crippen molar-refractivity contribution in [2.24, 2.45) is 55.7 Å². The number of aliphatic hydroxyl groups is 1. The van der Waals surface area contributed by atoms with Crippen LogP contribution in [0.25, 0.3) is 0 Å². The van der Waals surface area contributed by atoms with Gasteiger partial charge in [0, 0.05) is 12.5 Å². The molecule has 6 rings (SSSR count). The number of carboxylic acid groups (broad SMARTS) is 1. The van der Waals surface area contributed by atoms with E-state index >= 15 is 0 Å². The topological polar surface area (TPSA) is 140 Å². The second kappa shape index (κ2) is 13.2. The Hall–Kier alpha value is -2.30. The van der Waals surface area contributed by atoms with E-state index in [-0.39, 0.29) is 76.2 Å². The molecule has 0 spiro atoms. The standard InChI is InChI=1S/C42H65NO9/c1-36(2)30-10-13-41(7)32(29(45)22-27-28-23-38(4,33(46)47)15-14-37(28,3)16-17-40(27,41)6)39(30,5)12-11-31(36)52-25-26(44)24-43-20-18-42(19-21-43,34(48)50-8)35(49)51-9/h22,26,28,30-32,44H,10-21,23-25H2,1-9H3,(H,46,47)/t26?,28-,30-,31-,32+,37+,38-,39-,40+,41+/m0/s1. The van der Waals surface area contributed by atoms with Crippen molar-refractivity contribution in [3.8, 4) is 0 Å². The molecule has 292 valence electrons. The smallest absolute Gasteiger partial charge is 0.323 e. The molecule has 10 heteroatoms. The van der Waals surface area contributed by atoms with E-state index in [9.17, 15) is 29.4 Å². The largest absolute Gasteiger partial charge is 0.481 e. The number of β-amino-alcohol motifs (C(OH)–C–C–N with tert-alkyl or cyclic N) is 1. The van der Waals surface area contributed by atoms with E-state index in [1.54, 1.807) is 0 Å². The van der Waals surface area contributed by atoms with Crippen LogP contribution in [0.4, 0.5) is 0 Å². The molecule has 5 aliphatic carbocycles. The van der Waals surface area contributed by atoms with E-state index in [2.05, 4.69) is 46.4 Å². The van der Waals surface area contributed by atoms with Gasteiger partial charge in [0.25, 0.3) is 0 Å². The predicted molar refractivity (Wildman–Crippen MR) is 195 cm³/mol. The molecule has 0 radical (unpaired) electrons. The number of likely N-dealkylation sites (tertiary alicyclic amines) is 1. The molecule has 10 atom stereocenters. The summed E-state index contributed by atoms with van der Waals surface area (Å²) < 4.78 is 16.5. The van der Waals surface area contributed by atoms with Gasteiger partial charge in [-0.3, -0.25) is 19.2 Å². The number of nitrogens with zero attached hydrogens (tertiary/aromatic N) is 1. The zero-order valence-electron chi connectivity index (χ0n) is 33.3. The molecule has 0 bridgehead atoms. The van der Waals surface area contributed by atoms with Crippen LogP contribution in [0.3, 0.4) is 0 Å². The van der Waals surface area contributed by atoms with Crippen molar-refractivity contribution < 1.29 is 43.6 Å². The summed E-state index contributed by atoms with van der Waals surface area (Å²) in [7, 11) is 2.56. The Bertz CT molecular complexity index is 1480. The Kier molecular flexibility index (Phi) is 9.98. The van der Waals surface area contributed by atoms with E-state index in [1.807, 2.05) is 13.0 Å². The fraction of sp³-hybridized carbons (Fsp3) is 0.857. The Morgan fingerprint density at radius 3 is 2.08 bits per heavy atom. The number of rotatable bonds is 8. The van der Waals surface area contributed by atoms with Gasteiger partial charge in [-0.15, -0.1) is 0 Å². The number of carboxylic acids is 1. The van der Waals surface area contributed by atoms with Gasteiger partial charge in [-0.05, 0) is 136 Å². The molecule has 0 aromatic carbocycles. The molecule has 2 N–H and O–H groups in total. The highest BCUT2D eigenvalue weighted by Gasteiger charge is 2.70. The van der Waals surface area contributed by atoms with Gasteiger partial charge in [0.05, 0.1) is 38.4 Å². The van der Waals surface area contributed by atoms with Crippen molar-refractivity contribution in [1.82, 2.24) is 4.90 Å². The third kappa shape index (κ3) is 5.73. The van der Waals surface area contributed by atoms with Crippen LogP contribution in [-0.2, 0) is 33.4 Å². The molecule has 10 nitrogen and oxygen atoms in total. The lowest BCUT2D eigenvalue weighted by molar-refractivity contribution is -0.212. The number of ketones is 1. The SMILES string of the molecule is COC(=O)C1(C(=O)OC)CCN(CC(O)CO[C@H]2CC[C@]3(C)[C@H]4C(=O)C=C5[C@@H]6C[C@@](C)(C(=O)O)CC[C@]6(C)CC[C@@]5(C)[C@]4(C)CC[C@H]3C2(C)C)CC1. The molecule has 1 aliphatic heterocycles. The molecule has 1 unspecified atom stereocenters. The number of carbonyl (C=O) groups is 4. The Morgan fingerprint density at radius 1 is 0.865 bits per heavy atom. The lowest BCUT2D eigenvalue weighted by Crippen LogP contribution is -2.66. The first-order valence-corrected chi connectivity index (χ1v) is 19.9. The van der Waals surface area contributed by atoms with Crippen molar-refractivity contribution in [2.45, 2.75) is 131 Å². The molecule has 0 amide bonds. The highest BCUT2D eigenvalue weighted by Crippen LogP contribution is 2.75. The number of carbonyl (C=O) groups excluding carboxylic acids is 3. The number of allylic oxidation sites excluding steroid dienone is 2. The molecule has 52 heavy (non-hydrogen) atoms. The Morgan fingerprint density at radius 2 is 1.48 bits per heavy atom. The van der Waals surface area contributed by atoms with Gasteiger partial charge in [0.15, 0.2) is 11.2 Å². The van der Waals surface area contributed by atoms with E-state index < -0.39 is 34.8 Å². The van der Waals surface area contributed by atoms with E-state index in [4.69, 9.17) is 14.2 Å². The first kappa shape index (κ1) is 39.4. The molecule has 6 aliphatic rings. The highest BCUT2D eigenvalue weighted by molar-refractivity contribution is 6.00. The number of ether oxygens (including phenoxy) is 3. The summed E-state index contributed by atoms with van der Waals surface area (Å²) in [4.78, 5) is 54.3. The number of esters is 2. The number of piperidine rings is 1. The molecule has 1 heterocycles. The van der Waals surface area contributed by atoms with Crippen molar-refractivity contribution in [2.75, 3.05) is 40.5 Å².